The highest BCUT2D eigenvalue weighted by atomic mass is 31.2. The van der Waals surface area contributed by atoms with Gasteiger partial charge in [-0.2, -0.15) is 4.52 Å². The molecule has 1 saturated heterocycles. The zero-order valence-corrected chi connectivity index (χ0v) is 6.89. The highest BCUT2D eigenvalue weighted by Gasteiger charge is 2.47. The molecule has 2 unspecified atom stereocenters. The van der Waals surface area contributed by atoms with Crippen LogP contribution in [0.4, 0.5) is 13.2 Å². The predicted molar refractivity (Wildman–Crippen MR) is 31.2 cm³/mol. The van der Waals surface area contributed by atoms with Gasteiger partial charge >= 0.3 is 14.2 Å². The monoisotopic (exact) mass is 206 g/mol. The molecular weight excluding hydrogens is 200 g/mol. The van der Waals surface area contributed by atoms with E-state index in [1.54, 1.807) is 0 Å². The lowest BCUT2D eigenvalue weighted by molar-refractivity contribution is -0.281. The van der Waals surface area contributed by atoms with Gasteiger partial charge in [-0.1, -0.05) is 0 Å². The van der Waals surface area contributed by atoms with Crippen molar-refractivity contribution in [2.45, 2.75) is 19.4 Å². The summed E-state index contributed by atoms with van der Waals surface area (Å²) in [6, 6.07) is 0. The van der Waals surface area contributed by atoms with Crippen LogP contribution in [0.5, 0.6) is 0 Å². The van der Waals surface area contributed by atoms with Gasteiger partial charge in [-0.25, -0.2) is 4.57 Å². The normalized spacial score (nSPS) is 37.2. The van der Waals surface area contributed by atoms with Gasteiger partial charge in [0.05, 0.1) is 12.7 Å². The Hall–Kier alpha value is -0.100. The zero-order chi connectivity index (χ0) is 9.41. The van der Waals surface area contributed by atoms with Crippen LogP contribution in [0.25, 0.3) is 0 Å². The third-order valence-electron chi connectivity index (χ3n) is 0.992. The molecule has 2 atom stereocenters. The number of alkyl halides is 3. The van der Waals surface area contributed by atoms with Crippen molar-refractivity contribution in [3.8, 4) is 0 Å². The number of rotatable bonds is 1. The van der Waals surface area contributed by atoms with E-state index < -0.39 is 20.3 Å². The number of phosphoric ester groups is 1. The molecule has 0 spiro atoms. The minimum Gasteiger partial charge on any atom is -0.284 e. The molecule has 1 rings (SSSR count). The van der Waals surface area contributed by atoms with Gasteiger partial charge in [-0.05, 0) is 6.92 Å². The lowest BCUT2D eigenvalue weighted by Gasteiger charge is -2.11. The van der Waals surface area contributed by atoms with Crippen molar-refractivity contribution in [1.29, 1.82) is 0 Å². The molecule has 1 aliphatic rings. The van der Waals surface area contributed by atoms with Crippen molar-refractivity contribution in [1.82, 2.24) is 0 Å². The minimum absolute atomic E-state index is 0.159. The van der Waals surface area contributed by atoms with Gasteiger partial charge in [0.1, 0.15) is 0 Å². The van der Waals surface area contributed by atoms with Gasteiger partial charge in [0.25, 0.3) is 0 Å². The molecule has 0 amide bonds. The van der Waals surface area contributed by atoms with E-state index in [2.05, 4.69) is 13.6 Å². The van der Waals surface area contributed by atoms with Gasteiger partial charge in [-0.3, -0.25) is 9.05 Å². The molecule has 0 aliphatic carbocycles. The molecule has 1 aliphatic heterocycles. The first kappa shape index (κ1) is 9.98. The standard InChI is InChI=1S/C4H6F3O4P/c1-3-2-9-12(8,10-3)11-4(5,6)7/h3H,2H2,1H3. The second-order valence-electron chi connectivity index (χ2n) is 2.20. The first-order valence-corrected chi connectivity index (χ1v) is 4.47. The van der Waals surface area contributed by atoms with Crippen LogP contribution in [0.2, 0.25) is 0 Å². The molecule has 0 radical (unpaired) electrons. The average molecular weight is 206 g/mol. The molecule has 0 aromatic carbocycles. The van der Waals surface area contributed by atoms with E-state index in [0.717, 1.165) is 0 Å². The Kier molecular flexibility index (Phi) is 2.49. The fourth-order valence-corrected chi connectivity index (χ4v) is 1.96. The Balaban J connectivity index is 2.57. The summed E-state index contributed by atoms with van der Waals surface area (Å²) in [5.74, 6) is 0. The maximum absolute atomic E-state index is 11.5. The molecule has 0 N–H and O–H groups in total. The summed E-state index contributed by atoms with van der Waals surface area (Å²) in [6.45, 7) is 1.27. The van der Waals surface area contributed by atoms with Crippen molar-refractivity contribution in [2.24, 2.45) is 0 Å². The molecule has 12 heavy (non-hydrogen) atoms. The van der Waals surface area contributed by atoms with Crippen molar-refractivity contribution < 1.29 is 31.3 Å². The molecule has 72 valence electrons. The molecule has 0 aromatic heterocycles. The molecule has 1 fully saturated rings. The van der Waals surface area contributed by atoms with Crippen LogP contribution in [0.3, 0.4) is 0 Å². The number of phosphoric acid groups is 1. The van der Waals surface area contributed by atoms with E-state index in [1.165, 1.54) is 6.92 Å². The second-order valence-corrected chi connectivity index (χ2v) is 3.74. The van der Waals surface area contributed by atoms with Crippen LogP contribution in [-0.2, 0) is 18.1 Å². The van der Waals surface area contributed by atoms with Crippen LogP contribution in [0, 0.1) is 0 Å². The lowest BCUT2D eigenvalue weighted by atomic mass is 10.5. The maximum Gasteiger partial charge on any atom is 0.531 e. The third kappa shape index (κ3) is 2.75. The Morgan fingerprint density at radius 3 is 2.50 bits per heavy atom. The lowest BCUT2D eigenvalue weighted by Crippen LogP contribution is -2.11. The predicted octanol–water partition coefficient (Wildman–Crippen LogP) is 2.07. The molecule has 1 heterocycles. The van der Waals surface area contributed by atoms with Gasteiger partial charge < -0.3 is 0 Å². The van der Waals surface area contributed by atoms with E-state index in [9.17, 15) is 17.7 Å². The number of hydrogen-bond acceptors (Lipinski definition) is 4. The molecule has 0 bridgehead atoms. The molecule has 4 nitrogen and oxygen atoms in total. The zero-order valence-electron chi connectivity index (χ0n) is 6.00. The average Bonchev–Trinajstić information content (AvgIpc) is 2.05. The van der Waals surface area contributed by atoms with Crippen LogP contribution in [0.1, 0.15) is 6.92 Å². The van der Waals surface area contributed by atoms with Gasteiger partial charge in [0.15, 0.2) is 0 Å². The summed E-state index contributed by atoms with van der Waals surface area (Å²) < 4.78 is 57.1. The van der Waals surface area contributed by atoms with Gasteiger partial charge in [0.2, 0.25) is 0 Å². The van der Waals surface area contributed by atoms with E-state index >= 15 is 0 Å². The van der Waals surface area contributed by atoms with Crippen molar-refractivity contribution in [3.05, 3.63) is 0 Å². The van der Waals surface area contributed by atoms with E-state index in [-0.39, 0.29) is 6.61 Å². The summed E-state index contributed by atoms with van der Waals surface area (Å²) in [7, 11) is -4.37. The first-order valence-electron chi connectivity index (χ1n) is 3.01. The Morgan fingerprint density at radius 2 is 2.17 bits per heavy atom. The first-order chi connectivity index (χ1) is 5.31. The second kappa shape index (κ2) is 2.99. The largest absolute Gasteiger partial charge is 0.531 e. The summed E-state index contributed by atoms with van der Waals surface area (Å²) in [6.07, 6.45) is -5.64. The van der Waals surface area contributed by atoms with E-state index in [0.29, 0.717) is 0 Å². The minimum atomic E-state index is -5.00. The Morgan fingerprint density at radius 1 is 1.58 bits per heavy atom. The van der Waals surface area contributed by atoms with Crippen LogP contribution >= 0.6 is 7.82 Å². The highest BCUT2D eigenvalue weighted by molar-refractivity contribution is 7.48. The van der Waals surface area contributed by atoms with Crippen molar-refractivity contribution in [2.75, 3.05) is 6.61 Å². The Labute approximate surface area is 66.2 Å². The smallest absolute Gasteiger partial charge is 0.284 e. The van der Waals surface area contributed by atoms with Crippen LogP contribution in [0.15, 0.2) is 0 Å². The Bertz CT molecular complexity index is 215. The van der Waals surface area contributed by atoms with Crippen molar-refractivity contribution in [3.63, 3.8) is 0 Å². The van der Waals surface area contributed by atoms with Gasteiger partial charge in [-0.15, -0.1) is 13.2 Å². The molecule has 8 heteroatoms. The highest BCUT2D eigenvalue weighted by Crippen LogP contribution is 2.58. The maximum atomic E-state index is 11.5. The van der Waals surface area contributed by atoms with E-state index in [4.69, 9.17) is 0 Å². The molecule has 0 aromatic rings. The fourth-order valence-electron chi connectivity index (χ4n) is 0.652. The topological polar surface area (TPSA) is 44.8 Å². The van der Waals surface area contributed by atoms with Crippen molar-refractivity contribution >= 4 is 7.82 Å². The van der Waals surface area contributed by atoms with Crippen LogP contribution in [-0.4, -0.2) is 19.1 Å². The summed E-state index contributed by atoms with van der Waals surface area (Å²) in [5.41, 5.74) is 0. The third-order valence-corrected chi connectivity index (χ3v) is 2.51. The van der Waals surface area contributed by atoms with Crippen LogP contribution < -0.4 is 0 Å². The SMILES string of the molecule is CC1COP(=O)(OC(F)(F)F)O1. The summed E-state index contributed by atoms with van der Waals surface area (Å²) >= 11 is 0. The summed E-state index contributed by atoms with van der Waals surface area (Å²) in [5, 5.41) is 0. The molecule has 0 saturated carbocycles. The summed E-state index contributed by atoms with van der Waals surface area (Å²) in [4.78, 5) is 0. The number of halogens is 3. The fraction of sp³-hybridized carbons (Fsp3) is 1.00. The number of hydrogen-bond donors (Lipinski definition) is 0. The van der Waals surface area contributed by atoms with E-state index in [1.807, 2.05) is 0 Å². The van der Waals surface area contributed by atoms with Gasteiger partial charge in [0, 0.05) is 0 Å². The quantitative estimate of drug-likeness (QED) is 0.616. The molecular formula is C4H6F3O4P.